The van der Waals surface area contributed by atoms with E-state index in [1.807, 2.05) is 19.9 Å². The van der Waals surface area contributed by atoms with Gasteiger partial charge in [-0.3, -0.25) is 4.79 Å². The molecule has 4 heteroatoms. The smallest absolute Gasteiger partial charge is 0.225 e. The molecule has 0 heterocycles. The number of halogens is 1. The highest BCUT2D eigenvalue weighted by atomic mass is 35.5. The number of hydrogen-bond acceptors (Lipinski definition) is 2. The van der Waals surface area contributed by atoms with Crippen molar-refractivity contribution >= 4 is 17.5 Å². The molecule has 0 saturated carbocycles. The fraction of sp³-hybridized carbons (Fsp3) is 0.385. The fourth-order valence-corrected chi connectivity index (χ4v) is 1.62. The maximum atomic E-state index is 11.7. The summed E-state index contributed by atoms with van der Waals surface area (Å²) in [4.78, 5) is 11.7. The average molecular weight is 251 g/mol. The summed E-state index contributed by atoms with van der Waals surface area (Å²) in [6.07, 6.45) is 0.242. The molecule has 0 radical (unpaired) electrons. The third-order valence-corrected chi connectivity index (χ3v) is 2.61. The zero-order valence-corrected chi connectivity index (χ0v) is 10.7. The first kappa shape index (κ1) is 13.5. The van der Waals surface area contributed by atoms with Crippen LogP contribution < -0.4 is 5.32 Å². The van der Waals surface area contributed by atoms with Gasteiger partial charge < -0.3 is 5.32 Å². The molecule has 1 atom stereocenters. The van der Waals surface area contributed by atoms with Crippen LogP contribution in [0.15, 0.2) is 24.3 Å². The fourth-order valence-electron chi connectivity index (χ4n) is 1.40. The number of hydrogen-bond donors (Lipinski definition) is 1. The Hall–Kier alpha value is -1.53. The number of amides is 1. The van der Waals surface area contributed by atoms with E-state index < -0.39 is 6.04 Å². The van der Waals surface area contributed by atoms with Crippen molar-refractivity contribution in [3.63, 3.8) is 0 Å². The van der Waals surface area contributed by atoms with Crippen LogP contribution in [-0.2, 0) is 11.2 Å². The van der Waals surface area contributed by atoms with Crippen molar-refractivity contribution in [1.82, 2.24) is 5.32 Å². The molecule has 0 aliphatic heterocycles. The molecule has 0 fully saturated rings. The van der Waals surface area contributed by atoms with Gasteiger partial charge in [0.15, 0.2) is 0 Å². The lowest BCUT2D eigenvalue weighted by Gasteiger charge is -2.14. The SMILES string of the molecule is CC(C)C(C#N)NC(=O)Cc1cccc(Cl)c1. The van der Waals surface area contributed by atoms with Crippen LogP contribution >= 0.6 is 11.6 Å². The van der Waals surface area contributed by atoms with Crippen LogP contribution in [0.4, 0.5) is 0 Å². The summed E-state index contributed by atoms with van der Waals surface area (Å²) >= 11 is 5.83. The Morgan fingerprint density at radius 1 is 1.53 bits per heavy atom. The van der Waals surface area contributed by atoms with Gasteiger partial charge in [-0.2, -0.15) is 5.26 Å². The third-order valence-electron chi connectivity index (χ3n) is 2.38. The molecular formula is C13H15ClN2O. The van der Waals surface area contributed by atoms with E-state index in [9.17, 15) is 4.79 Å². The quantitative estimate of drug-likeness (QED) is 0.893. The molecular weight excluding hydrogens is 236 g/mol. The summed E-state index contributed by atoms with van der Waals surface area (Å²) in [5.41, 5.74) is 0.843. The van der Waals surface area contributed by atoms with E-state index in [0.717, 1.165) is 5.56 Å². The van der Waals surface area contributed by atoms with Crippen molar-refractivity contribution in [2.75, 3.05) is 0 Å². The number of benzene rings is 1. The highest BCUT2D eigenvalue weighted by Crippen LogP contribution is 2.11. The summed E-state index contributed by atoms with van der Waals surface area (Å²) < 4.78 is 0. The third kappa shape index (κ3) is 4.46. The molecule has 0 aliphatic rings. The second-order valence-electron chi connectivity index (χ2n) is 4.22. The molecule has 17 heavy (non-hydrogen) atoms. The zero-order valence-electron chi connectivity index (χ0n) is 9.90. The Kier molecular flexibility index (Phi) is 4.99. The Morgan fingerprint density at radius 3 is 2.76 bits per heavy atom. The lowest BCUT2D eigenvalue weighted by atomic mass is 10.1. The molecule has 0 saturated heterocycles. The number of nitrogens with zero attached hydrogens (tertiary/aromatic N) is 1. The molecule has 1 aromatic rings. The first-order valence-corrected chi connectivity index (χ1v) is 5.84. The predicted molar refractivity (Wildman–Crippen MR) is 67.5 cm³/mol. The van der Waals surface area contributed by atoms with Crippen molar-refractivity contribution < 1.29 is 4.79 Å². The molecule has 1 aromatic carbocycles. The van der Waals surface area contributed by atoms with Gasteiger partial charge in [0.25, 0.3) is 0 Å². The molecule has 0 aliphatic carbocycles. The molecule has 0 bridgehead atoms. The molecule has 1 amide bonds. The van der Waals surface area contributed by atoms with Gasteiger partial charge >= 0.3 is 0 Å². The number of carbonyl (C=O) groups is 1. The Morgan fingerprint density at radius 2 is 2.24 bits per heavy atom. The van der Waals surface area contributed by atoms with Gasteiger partial charge in [-0.15, -0.1) is 0 Å². The van der Waals surface area contributed by atoms with Crippen LogP contribution in [0.1, 0.15) is 19.4 Å². The lowest BCUT2D eigenvalue weighted by Crippen LogP contribution is -2.38. The maximum absolute atomic E-state index is 11.7. The van der Waals surface area contributed by atoms with Gasteiger partial charge in [-0.05, 0) is 23.6 Å². The first-order chi connectivity index (χ1) is 8.02. The Labute approximate surface area is 106 Å². The summed E-state index contributed by atoms with van der Waals surface area (Å²) in [6.45, 7) is 3.79. The highest BCUT2D eigenvalue weighted by Gasteiger charge is 2.15. The number of nitriles is 1. The second kappa shape index (κ2) is 6.27. The van der Waals surface area contributed by atoms with Crippen molar-refractivity contribution in [2.24, 2.45) is 5.92 Å². The van der Waals surface area contributed by atoms with Crippen LogP contribution in [0.25, 0.3) is 0 Å². The minimum atomic E-state index is -0.443. The van der Waals surface area contributed by atoms with E-state index in [0.29, 0.717) is 5.02 Å². The van der Waals surface area contributed by atoms with E-state index in [-0.39, 0.29) is 18.2 Å². The van der Waals surface area contributed by atoms with Gasteiger partial charge in [0, 0.05) is 5.02 Å². The van der Waals surface area contributed by atoms with Gasteiger partial charge in [0.2, 0.25) is 5.91 Å². The van der Waals surface area contributed by atoms with Gasteiger partial charge in [-0.25, -0.2) is 0 Å². The highest BCUT2D eigenvalue weighted by molar-refractivity contribution is 6.30. The first-order valence-electron chi connectivity index (χ1n) is 5.46. The minimum Gasteiger partial charge on any atom is -0.340 e. The van der Waals surface area contributed by atoms with E-state index in [1.165, 1.54) is 0 Å². The van der Waals surface area contributed by atoms with Crippen molar-refractivity contribution in [1.29, 1.82) is 5.26 Å². The molecule has 90 valence electrons. The van der Waals surface area contributed by atoms with Crippen molar-refractivity contribution in [2.45, 2.75) is 26.3 Å². The number of carbonyl (C=O) groups excluding carboxylic acids is 1. The Bertz CT molecular complexity index is 437. The van der Waals surface area contributed by atoms with E-state index in [1.54, 1.807) is 18.2 Å². The standard InChI is InChI=1S/C13H15ClN2O/c1-9(2)12(8-15)16-13(17)7-10-4-3-5-11(14)6-10/h3-6,9,12H,7H2,1-2H3,(H,16,17). The van der Waals surface area contributed by atoms with Gasteiger partial charge in [0.1, 0.15) is 6.04 Å². The monoisotopic (exact) mass is 250 g/mol. The molecule has 0 aromatic heterocycles. The summed E-state index contributed by atoms with van der Waals surface area (Å²) in [7, 11) is 0. The molecule has 1 rings (SSSR count). The summed E-state index contributed by atoms with van der Waals surface area (Å²) in [5.74, 6) is -0.0594. The van der Waals surface area contributed by atoms with Crippen LogP contribution in [-0.4, -0.2) is 11.9 Å². The Balaban J connectivity index is 2.59. The largest absolute Gasteiger partial charge is 0.340 e. The van der Waals surface area contributed by atoms with Crippen LogP contribution in [0.5, 0.6) is 0 Å². The molecule has 1 N–H and O–H groups in total. The average Bonchev–Trinajstić information content (AvgIpc) is 2.25. The molecule has 1 unspecified atom stereocenters. The van der Waals surface area contributed by atoms with Gasteiger partial charge in [0.05, 0.1) is 12.5 Å². The van der Waals surface area contributed by atoms with Crippen LogP contribution in [0.3, 0.4) is 0 Å². The lowest BCUT2D eigenvalue weighted by molar-refractivity contribution is -0.121. The van der Waals surface area contributed by atoms with E-state index >= 15 is 0 Å². The van der Waals surface area contributed by atoms with E-state index in [2.05, 4.69) is 11.4 Å². The second-order valence-corrected chi connectivity index (χ2v) is 4.66. The van der Waals surface area contributed by atoms with Crippen LogP contribution in [0, 0.1) is 17.2 Å². The molecule has 0 spiro atoms. The zero-order chi connectivity index (χ0) is 12.8. The summed E-state index contributed by atoms with van der Waals surface area (Å²) in [5, 5.41) is 12.2. The summed E-state index contributed by atoms with van der Waals surface area (Å²) in [6, 6.07) is 8.77. The van der Waals surface area contributed by atoms with E-state index in [4.69, 9.17) is 16.9 Å². The number of rotatable bonds is 4. The van der Waals surface area contributed by atoms with Crippen molar-refractivity contribution in [3.05, 3.63) is 34.9 Å². The predicted octanol–water partition coefficient (Wildman–Crippen LogP) is 2.55. The topological polar surface area (TPSA) is 52.9 Å². The normalized spacial score (nSPS) is 11.9. The van der Waals surface area contributed by atoms with Crippen molar-refractivity contribution in [3.8, 4) is 6.07 Å². The minimum absolute atomic E-state index is 0.100. The number of nitrogens with one attached hydrogen (secondary N) is 1. The molecule has 3 nitrogen and oxygen atoms in total. The van der Waals surface area contributed by atoms with Gasteiger partial charge in [-0.1, -0.05) is 37.6 Å². The van der Waals surface area contributed by atoms with Crippen LogP contribution in [0.2, 0.25) is 5.02 Å². The maximum Gasteiger partial charge on any atom is 0.225 e.